The van der Waals surface area contributed by atoms with Crippen molar-refractivity contribution in [2.45, 2.75) is 19.4 Å². The Morgan fingerprint density at radius 2 is 2.05 bits per heavy atom. The van der Waals surface area contributed by atoms with E-state index in [1.807, 2.05) is 6.92 Å². The van der Waals surface area contributed by atoms with E-state index in [4.69, 9.17) is 4.74 Å². The third kappa shape index (κ3) is 3.52. The highest BCUT2D eigenvalue weighted by molar-refractivity contribution is 9.10. The fraction of sp³-hybridized carbons (Fsp3) is 0.214. The van der Waals surface area contributed by atoms with Gasteiger partial charge in [0.1, 0.15) is 17.3 Å². The molecule has 3 nitrogen and oxygen atoms in total. The highest BCUT2D eigenvalue weighted by Crippen LogP contribution is 2.26. The number of pyridine rings is 1. The average Bonchev–Trinajstić information content (AvgIpc) is 2.43. The Morgan fingerprint density at radius 1 is 1.32 bits per heavy atom. The van der Waals surface area contributed by atoms with Crippen LogP contribution >= 0.6 is 15.9 Å². The number of nitrogens with zero attached hydrogens (tertiary/aromatic N) is 1. The predicted molar refractivity (Wildman–Crippen MR) is 73.7 cm³/mol. The molecule has 1 aromatic heterocycles. The zero-order valence-electron chi connectivity index (χ0n) is 10.3. The average molecular weight is 326 g/mol. The molecule has 0 aliphatic carbocycles. The minimum absolute atomic E-state index is 0.341. The normalized spacial score (nSPS) is 12.2. The molecule has 0 aliphatic heterocycles. The van der Waals surface area contributed by atoms with Crippen molar-refractivity contribution in [3.05, 3.63) is 52.5 Å². The lowest BCUT2D eigenvalue weighted by atomic mass is 10.2. The highest BCUT2D eigenvalue weighted by atomic mass is 79.9. The maximum Gasteiger partial charge on any atom is 0.145 e. The smallest absolute Gasteiger partial charge is 0.145 e. The first kappa shape index (κ1) is 14.0. The zero-order chi connectivity index (χ0) is 13.8. The summed E-state index contributed by atoms with van der Waals surface area (Å²) < 4.78 is 19.0. The van der Waals surface area contributed by atoms with Crippen LogP contribution in [0.2, 0.25) is 0 Å². The van der Waals surface area contributed by atoms with Crippen LogP contribution in [-0.2, 0) is 0 Å². The third-order valence-corrected chi connectivity index (χ3v) is 3.22. The molecule has 0 amide bonds. The lowest BCUT2D eigenvalue weighted by Gasteiger charge is -2.09. The van der Waals surface area contributed by atoms with Gasteiger partial charge in [0.25, 0.3) is 0 Å². The Bertz CT molecular complexity index is 560. The first-order valence-electron chi connectivity index (χ1n) is 5.87. The summed E-state index contributed by atoms with van der Waals surface area (Å²) in [6.07, 6.45) is 1.58. The molecular formula is C14H13BrFNO2. The second-order valence-corrected chi connectivity index (χ2v) is 4.88. The van der Waals surface area contributed by atoms with Crippen molar-refractivity contribution < 1.29 is 14.2 Å². The number of rotatable bonds is 4. The van der Waals surface area contributed by atoms with Gasteiger partial charge >= 0.3 is 0 Å². The molecule has 1 atom stereocenters. The van der Waals surface area contributed by atoms with Crippen molar-refractivity contribution in [3.8, 4) is 11.5 Å². The number of benzene rings is 1. The minimum Gasteiger partial charge on any atom is -0.456 e. The number of aliphatic hydroxyl groups is 1. The van der Waals surface area contributed by atoms with Gasteiger partial charge in [-0.05, 0) is 52.7 Å². The second kappa shape index (κ2) is 6.12. The molecule has 0 radical (unpaired) electrons. The maximum atomic E-state index is 13.1. The van der Waals surface area contributed by atoms with E-state index in [1.165, 1.54) is 18.3 Å². The molecular weight excluding hydrogens is 313 g/mol. The van der Waals surface area contributed by atoms with Gasteiger partial charge in [-0.25, -0.2) is 4.39 Å². The van der Waals surface area contributed by atoms with Gasteiger partial charge in [0.05, 0.1) is 22.5 Å². The van der Waals surface area contributed by atoms with Crippen molar-refractivity contribution in [1.29, 1.82) is 0 Å². The Labute approximate surface area is 119 Å². The van der Waals surface area contributed by atoms with Crippen molar-refractivity contribution in [3.63, 3.8) is 0 Å². The molecule has 100 valence electrons. The lowest BCUT2D eigenvalue weighted by molar-refractivity contribution is 0.169. The van der Waals surface area contributed by atoms with Crippen LogP contribution in [0.1, 0.15) is 25.1 Å². The Hall–Kier alpha value is -1.46. The summed E-state index contributed by atoms with van der Waals surface area (Å²) in [6, 6.07) is 7.83. The zero-order valence-corrected chi connectivity index (χ0v) is 11.9. The molecule has 0 aliphatic rings. The molecule has 0 saturated carbocycles. The Kier molecular flexibility index (Phi) is 4.50. The largest absolute Gasteiger partial charge is 0.456 e. The van der Waals surface area contributed by atoms with Crippen LogP contribution in [-0.4, -0.2) is 10.1 Å². The third-order valence-electron chi connectivity index (χ3n) is 2.61. The first-order valence-corrected chi connectivity index (χ1v) is 6.66. The van der Waals surface area contributed by atoms with Crippen molar-refractivity contribution in [1.82, 2.24) is 4.98 Å². The van der Waals surface area contributed by atoms with Crippen molar-refractivity contribution in [2.75, 3.05) is 0 Å². The fourth-order valence-corrected chi connectivity index (χ4v) is 1.89. The van der Waals surface area contributed by atoms with E-state index in [9.17, 15) is 9.50 Å². The van der Waals surface area contributed by atoms with Crippen molar-refractivity contribution in [2.24, 2.45) is 0 Å². The molecule has 0 bridgehead atoms. The summed E-state index contributed by atoms with van der Waals surface area (Å²) in [7, 11) is 0. The lowest BCUT2D eigenvalue weighted by Crippen LogP contribution is -1.98. The fourth-order valence-electron chi connectivity index (χ4n) is 1.53. The molecule has 1 heterocycles. The van der Waals surface area contributed by atoms with E-state index >= 15 is 0 Å². The standard InChI is InChI=1S/C14H13BrFNO2/c1-2-14(18)13-6-4-10(8-17-13)19-9-3-5-12(16)11(15)7-9/h3-8,14,18H,2H2,1H3. The van der Waals surface area contributed by atoms with Gasteiger partial charge in [-0.15, -0.1) is 0 Å². The van der Waals surface area contributed by atoms with Crippen LogP contribution in [0.15, 0.2) is 41.0 Å². The molecule has 2 rings (SSSR count). The highest BCUT2D eigenvalue weighted by Gasteiger charge is 2.07. The van der Waals surface area contributed by atoms with E-state index in [2.05, 4.69) is 20.9 Å². The van der Waals surface area contributed by atoms with Crippen LogP contribution in [0.3, 0.4) is 0 Å². The SMILES string of the molecule is CCC(O)c1ccc(Oc2ccc(F)c(Br)c2)cn1. The monoisotopic (exact) mass is 325 g/mol. The van der Waals surface area contributed by atoms with Gasteiger partial charge in [-0.1, -0.05) is 6.92 Å². The van der Waals surface area contributed by atoms with Gasteiger partial charge in [0.2, 0.25) is 0 Å². The molecule has 2 aromatic rings. The van der Waals surface area contributed by atoms with E-state index in [-0.39, 0.29) is 5.82 Å². The Morgan fingerprint density at radius 3 is 2.63 bits per heavy atom. The number of aliphatic hydroxyl groups excluding tert-OH is 1. The topological polar surface area (TPSA) is 42.4 Å². The van der Waals surface area contributed by atoms with E-state index in [0.29, 0.717) is 28.1 Å². The molecule has 1 N–H and O–H groups in total. The van der Waals surface area contributed by atoms with E-state index in [1.54, 1.807) is 18.2 Å². The van der Waals surface area contributed by atoms with E-state index < -0.39 is 6.10 Å². The van der Waals surface area contributed by atoms with Crippen LogP contribution in [0, 0.1) is 5.82 Å². The maximum absolute atomic E-state index is 13.1. The summed E-state index contributed by atoms with van der Waals surface area (Å²) in [4.78, 5) is 4.12. The predicted octanol–water partition coefficient (Wildman–Crippen LogP) is 4.22. The molecule has 0 saturated heterocycles. The van der Waals surface area contributed by atoms with Crippen LogP contribution in [0.5, 0.6) is 11.5 Å². The number of hydrogen-bond donors (Lipinski definition) is 1. The summed E-state index contributed by atoms with van der Waals surface area (Å²) in [5.41, 5.74) is 0.607. The van der Waals surface area contributed by atoms with Crippen molar-refractivity contribution >= 4 is 15.9 Å². The molecule has 19 heavy (non-hydrogen) atoms. The molecule has 0 fully saturated rings. The van der Waals surface area contributed by atoms with Gasteiger partial charge in [-0.2, -0.15) is 0 Å². The summed E-state index contributed by atoms with van der Waals surface area (Å²) >= 11 is 3.10. The molecule has 1 unspecified atom stereocenters. The number of aromatic nitrogens is 1. The number of halogens is 2. The molecule has 1 aromatic carbocycles. The minimum atomic E-state index is -0.561. The van der Waals surface area contributed by atoms with E-state index in [0.717, 1.165) is 0 Å². The Balaban J connectivity index is 2.12. The van der Waals surface area contributed by atoms with Crippen LogP contribution in [0.4, 0.5) is 4.39 Å². The summed E-state index contributed by atoms with van der Waals surface area (Å²) in [6.45, 7) is 1.88. The number of ether oxygens (including phenoxy) is 1. The van der Waals surface area contributed by atoms with Gasteiger partial charge < -0.3 is 9.84 Å². The second-order valence-electron chi connectivity index (χ2n) is 4.02. The van der Waals surface area contributed by atoms with Gasteiger partial charge in [0, 0.05) is 0 Å². The van der Waals surface area contributed by atoms with Gasteiger partial charge in [-0.3, -0.25) is 4.98 Å². The first-order chi connectivity index (χ1) is 9.10. The molecule has 0 spiro atoms. The quantitative estimate of drug-likeness (QED) is 0.915. The molecule has 5 heteroatoms. The van der Waals surface area contributed by atoms with Crippen LogP contribution in [0.25, 0.3) is 0 Å². The summed E-state index contributed by atoms with van der Waals surface area (Å²) in [5.74, 6) is 0.705. The number of hydrogen-bond acceptors (Lipinski definition) is 3. The van der Waals surface area contributed by atoms with Gasteiger partial charge in [0.15, 0.2) is 0 Å². The summed E-state index contributed by atoms with van der Waals surface area (Å²) in [5, 5.41) is 9.63. The van der Waals surface area contributed by atoms with Crippen LogP contribution < -0.4 is 4.74 Å².